The summed E-state index contributed by atoms with van der Waals surface area (Å²) in [5.41, 5.74) is 1.73. The van der Waals surface area contributed by atoms with Gasteiger partial charge in [0.2, 0.25) is 15.9 Å². The second-order valence-electron chi connectivity index (χ2n) is 6.79. The van der Waals surface area contributed by atoms with E-state index in [4.69, 9.17) is 5.14 Å². The Kier molecular flexibility index (Phi) is 6.08. The summed E-state index contributed by atoms with van der Waals surface area (Å²) in [4.78, 5) is 14.3. The quantitative estimate of drug-likeness (QED) is 0.641. The van der Waals surface area contributed by atoms with Crippen LogP contribution in [0.2, 0.25) is 0 Å². The summed E-state index contributed by atoms with van der Waals surface area (Å²) in [5, 5.41) is 10.2. The van der Waals surface area contributed by atoms with Crippen LogP contribution in [0.15, 0.2) is 71.6 Å². The Balaban J connectivity index is 1.50. The van der Waals surface area contributed by atoms with Crippen LogP contribution in [-0.2, 0) is 21.4 Å². The van der Waals surface area contributed by atoms with Crippen LogP contribution in [0, 0.1) is 0 Å². The number of nitrogens with two attached hydrogens (primary N) is 1. The van der Waals surface area contributed by atoms with E-state index in [1.165, 1.54) is 40.6 Å². The molecule has 0 spiro atoms. The molecule has 3 aromatic carbocycles. The standard InChI is InChI=1S/C21H23N3O3S/c1-24(15-16-6-7-17-4-2-3-5-18(17)14-16)13-12-21(25)23-19-8-10-20(11-9-19)28(22,26)27/h2-11,14H,12-13,15H2,1H3,(H,23,25)(H2,22,26,27). The summed E-state index contributed by atoms with van der Waals surface area (Å²) in [7, 11) is -1.76. The van der Waals surface area contributed by atoms with Crippen molar-refractivity contribution in [1.29, 1.82) is 0 Å². The zero-order valence-corrected chi connectivity index (χ0v) is 16.4. The van der Waals surface area contributed by atoms with E-state index >= 15 is 0 Å². The van der Waals surface area contributed by atoms with Crippen molar-refractivity contribution in [2.45, 2.75) is 17.9 Å². The lowest BCUT2D eigenvalue weighted by Crippen LogP contribution is -2.24. The maximum atomic E-state index is 12.1. The average Bonchev–Trinajstić information content (AvgIpc) is 2.66. The van der Waals surface area contributed by atoms with E-state index in [1.807, 2.05) is 19.2 Å². The van der Waals surface area contributed by atoms with Gasteiger partial charge in [-0.25, -0.2) is 13.6 Å². The van der Waals surface area contributed by atoms with Gasteiger partial charge in [0.1, 0.15) is 0 Å². The number of hydrogen-bond acceptors (Lipinski definition) is 4. The third-order valence-electron chi connectivity index (χ3n) is 4.45. The predicted molar refractivity (Wildman–Crippen MR) is 111 cm³/mol. The van der Waals surface area contributed by atoms with Crippen LogP contribution in [0.25, 0.3) is 10.8 Å². The van der Waals surface area contributed by atoms with Gasteiger partial charge in [-0.3, -0.25) is 4.79 Å². The molecule has 0 radical (unpaired) electrons. The van der Waals surface area contributed by atoms with Crippen molar-refractivity contribution in [2.75, 3.05) is 18.9 Å². The molecule has 0 aliphatic carbocycles. The molecule has 0 aromatic heterocycles. The van der Waals surface area contributed by atoms with Gasteiger partial charge in [-0.15, -0.1) is 0 Å². The molecule has 28 heavy (non-hydrogen) atoms. The fourth-order valence-electron chi connectivity index (χ4n) is 2.97. The van der Waals surface area contributed by atoms with Gasteiger partial charge in [-0.05, 0) is 53.7 Å². The van der Waals surface area contributed by atoms with Crippen LogP contribution < -0.4 is 10.5 Å². The van der Waals surface area contributed by atoms with E-state index in [9.17, 15) is 13.2 Å². The summed E-state index contributed by atoms with van der Waals surface area (Å²) in [6.07, 6.45) is 0.334. The number of amides is 1. The van der Waals surface area contributed by atoms with E-state index in [0.29, 0.717) is 18.7 Å². The number of anilines is 1. The molecule has 3 N–H and O–H groups in total. The third kappa shape index (κ3) is 5.39. The second kappa shape index (κ2) is 8.52. The van der Waals surface area contributed by atoms with Crippen molar-refractivity contribution in [3.63, 3.8) is 0 Å². The van der Waals surface area contributed by atoms with Crippen molar-refractivity contribution in [2.24, 2.45) is 5.14 Å². The van der Waals surface area contributed by atoms with Crippen molar-refractivity contribution in [1.82, 2.24) is 4.90 Å². The lowest BCUT2D eigenvalue weighted by atomic mass is 10.1. The smallest absolute Gasteiger partial charge is 0.238 e. The fourth-order valence-corrected chi connectivity index (χ4v) is 3.49. The fraction of sp³-hybridized carbons (Fsp3) is 0.190. The first-order valence-electron chi connectivity index (χ1n) is 8.90. The number of primary sulfonamides is 1. The highest BCUT2D eigenvalue weighted by Gasteiger charge is 2.09. The Hall–Kier alpha value is -2.74. The Morgan fingerprint density at radius 2 is 1.68 bits per heavy atom. The first kappa shape index (κ1) is 20.0. The number of nitrogens with zero attached hydrogens (tertiary/aromatic N) is 1. The van der Waals surface area contributed by atoms with Crippen LogP contribution in [0.5, 0.6) is 0 Å². The van der Waals surface area contributed by atoms with E-state index in [2.05, 4.69) is 40.5 Å². The molecule has 146 valence electrons. The predicted octanol–water partition coefficient (Wildman–Crippen LogP) is 2.95. The molecule has 0 heterocycles. The molecular formula is C21H23N3O3S. The maximum Gasteiger partial charge on any atom is 0.238 e. The number of rotatable bonds is 7. The molecule has 0 aliphatic rings. The minimum absolute atomic E-state index is 0.0145. The molecule has 0 bridgehead atoms. The molecule has 0 aliphatic heterocycles. The minimum Gasteiger partial charge on any atom is -0.326 e. The normalized spacial score (nSPS) is 11.7. The zero-order valence-electron chi connectivity index (χ0n) is 15.6. The van der Waals surface area contributed by atoms with E-state index in [-0.39, 0.29) is 10.8 Å². The maximum absolute atomic E-state index is 12.1. The molecule has 7 heteroatoms. The summed E-state index contributed by atoms with van der Waals surface area (Å²) >= 11 is 0. The lowest BCUT2D eigenvalue weighted by molar-refractivity contribution is -0.116. The monoisotopic (exact) mass is 397 g/mol. The lowest BCUT2D eigenvalue weighted by Gasteiger charge is -2.17. The molecule has 0 saturated heterocycles. The highest BCUT2D eigenvalue weighted by atomic mass is 32.2. The van der Waals surface area contributed by atoms with E-state index in [0.717, 1.165) is 6.54 Å². The summed E-state index contributed by atoms with van der Waals surface area (Å²) < 4.78 is 22.5. The average molecular weight is 398 g/mol. The van der Waals surface area contributed by atoms with Gasteiger partial charge < -0.3 is 10.2 Å². The van der Waals surface area contributed by atoms with Crippen LogP contribution >= 0.6 is 0 Å². The highest BCUT2D eigenvalue weighted by Crippen LogP contribution is 2.17. The van der Waals surface area contributed by atoms with Crippen molar-refractivity contribution in [3.05, 3.63) is 72.3 Å². The highest BCUT2D eigenvalue weighted by molar-refractivity contribution is 7.89. The number of nitrogens with one attached hydrogen (secondary N) is 1. The molecule has 3 aromatic rings. The van der Waals surface area contributed by atoms with Gasteiger partial charge in [-0.2, -0.15) is 0 Å². The number of carbonyl (C=O) groups excluding carboxylic acids is 1. The van der Waals surface area contributed by atoms with E-state index in [1.54, 1.807) is 0 Å². The zero-order chi connectivity index (χ0) is 20.1. The first-order valence-corrected chi connectivity index (χ1v) is 10.4. The Bertz CT molecular complexity index is 1080. The molecule has 0 unspecified atom stereocenters. The van der Waals surface area contributed by atoms with Gasteiger partial charge in [0.05, 0.1) is 4.90 Å². The van der Waals surface area contributed by atoms with Crippen molar-refractivity contribution in [3.8, 4) is 0 Å². The molecule has 3 rings (SSSR count). The van der Waals surface area contributed by atoms with Gasteiger partial charge in [0.25, 0.3) is 0 Å². The largest absolute Gasteiger partial charge is 0.326 e. The molecule has 1 amide bonds. The van der Waals surface area contributed by atoms with Crippen molar-refractivity contribution < 1.29 is 13.2 Å². The number of carbonyl (C=O) groups is 1. The summed E-state index contributed by atoms with van der Waals surface area (Å²) in [6, 6.07) is 20.4. The molecule has 0 saturated carbocycles. The SMILES string of the molecule is CN(CCC(=O)Nc1ccc(S(N)(=O)=O)cc1)Cc1ccc2ccccc2c1. The van der Waals surface area contributed by atoms with Crippen LogP contribution in [0.4, 0.5) is 5.69 Å². The second-order valence-corrected chi connectivity index (χ2v) is 8.35. The summed E-state index contributed by atoms with van der Waals surface area (Å²) in [5.74, 6) is -0.131. The number of hydrogen-bond donors (Lipinski definition) is 2. The van der Waals surface area contributed by atoms with Crippen molar-refractivity contribution >= 4 is 32.4 Å². The Morgan fingerprint density at radius 3 is 2.36 bits per heavy atom. The number of benzene rings is 3. The molecule has 6 nitrogen and oxygen atoms in total. The van der Waals surface area contributed by atoms with Gasteiger partial charge in [-0.1, -0.05) is 36.4 Å². The van der Waals surface area contributed by atoms with Gasteiger partial charge in [0, 0.05) is 25.2 Å². The van der Waals surface area contributed by atoms with Crippen LogP contribution in [-0.4, -0.2) is 32.8 Å². The van der Waals surface area contributed by atoms with E-state index < -0.39 is 10.0 Å². The molecular weight excluding hydrogens is 374 g/mol. The topological polar surface area (TPSA) is 92.5 Å². The number of fused-ring (bicyclic) bond motifs is 1. The summed E-state index contributed by atoms with van der Waals surface area (Å²) in [6.45, 7) is 1.36. The Morgan fingerprint density at radius 1 is 1.00 bits per heavy atom. The number of sulfonamides is 1. The molecule has 0 atom stereocenters. The Labute approximate surface area is 165 Å². The minimum atomic E-state index is -3.73. The van der Waals surface area contributed by atoms with Crippen LogP contribution in [0.3, 0.4) is 0 Å². The third-order valence-corrected chi connectivity index (χ3v) is 5.38. The first-order chi connectivity index (χ1) is 13.3. The van der Waals surface area contributed by atoms with Crippen LogP contribution in [0.1, 0.15) is 12.0 Å². The van der Waals surface area contributed by atoms with Gasteiger partial charge in [0.15, 0.2) is 0 Å². The van der Waals surface area contributed by atoms with Gasteiger partial charge >= 0.3 is 0 Å². The molecule has 0 fully saturated rings.